The molecule has 1 rings (SSSR count). The first-order valence-electron chi connectivity index (χ1n) is 4.84. The topological polar surface area (TPSA) is 37.4 Å². The molecule has 4 nitrogen and oxygen atoms in total. The number of hydrogen-bond acceptors (Lipinski definition) is 4. The lowest BCUT2D eigenvalue weighted by Crippen LogP contribution is -2.23. The number of rotatable bonds is 5. The van der Waals surface area contributed by atoms with Gasteiger partial charge in [0.2, 0.25) is 0 Å². The molecule has 0 bridgehead atoms. The normalized spacial score (nSPS) is 10.3. The molecule has 0 radical (unpaired) electrons. The fraction of sp³-hybridized carbons (Fsp3) is 0.500. The van der Waals surface area contributed by atoms with Gasteiger partial charge in [-0.15, -0.1) is 0 Å². The van der Waals surface area contributed by atoms with Gasteiger partial charge in [0.1, 0.15) is 11.6 Å². The van der Waals surface area contributed by atoms with E-state index in [4.69, 9.17) is 27.9 Å². The third kappa shape index (κ3) is 3.14. The summed E-state index contributed by atoms with van der Waals surface area (Å²) in [5.41, 5.74) is 0. The SMILES string of the molecule is CNc1nc(N(C)CCOC)c(Cl)cc1Cl. The van der Waals surface area contributed by atoms with Crippen molar-refractivity contribution in [3.05, 3.63) is 16.1 Å². The van der Waals surface area contributed by atoms with Gasteiger partial charge < -0.3 is 15.0 Å². The van der Waals surface area contributed by atoms with Gasteiger partial charge in [-0.1, -0.05) is 23.2 Å². The second-order valence-electron chi connectivity index (χ2n) is 3.29. The number of nitrogens with zero attached hydrogens (tertiary/aromatic N) is 2. The Morgan fingerprint density at radius 3 is 2.69 bits per heavy atom. The van der Waals surface area contributed by atoms with Crippen LogP contribution in [0.25, 0.3) is 0 Å². The average Bonchev–Trinajstić information content (AvgIpc) is 2.26. The number of nitrogens with one attached hydrogen (secondary N) is 1. The van der Waals surface area contributed by atoms with Crippen LogP contribution in [0.15, 0.2) is 6.07 Å². The van der Waals surface area contributed by atoms with E-state index >= 15 is 0 Å². The van der Waals surface area contributed by atoms with Crippen molar-refractivity contribution >= 4 is 34.8 Å². The predicted molar refractivity (Wildman–Crippen MR) is 68.9 cm³/mol. The van der Waals surface area contributed by atoms with Crippen LogP contribution in [0.5, 0.6) is 0 Å². The number of likely N-dealkylation sites (N-methyl/N-ethyl adjacent to an activating group) is 1. The lowest BCUT2D eigenvalue weighted by atomic mass is 10.4. The summed E-state index contributed by atoms with van der Waals surface area (Å²) >= 11 is 12.0. The number of anilines is 2. The molecular weight excluding hydrogens is 249 g/mol. The molecule has 0 spiro atoms. The van der Waals surface area contributed by atoms with E-state index in [0.717, 1.165) is 0 Å². The van der Waals surface area contributed by atoms with Gasteiger partial charge in [-0.3, -0.25) is 0 Å². The highest BCUT2D eigenvalue weighted by Gasteiger charge is 2.11. The van der Waals surface area contributed by atoms with Crippen LogP contribution in [0.1, 0.15) is 0 Å². The van der Waals surface area contributed by atoms with Crippen LogP contribution < -0.4 is 10.2 Å². The standard InChI is InChI=1S/C10H15Cl2N3O/c1-13-9-7(11)6-8(12)10(14-9)15(2)4-5-16-3/h6H,4-5H2,1-3H3,(H,13,14). The van der Waals surface area contributed by atoms with Gasteiger partial charge in [0.15, 0.2) is 0 Å². The first-order chi connectivity index (χ1) is 7.60. The zero-order chi connectivity index (χ0) is 12.1. The third-order valence-corrected chi connectivity index (χ3v) is 2.71. The molecule has 0 aliphatic carbocycles. The molecule has 1 aromatic rings. The van der Waals surface area contributed by atoms with Crippen molar-refractivity contribution in [1.82, 2.24) is 4.98 Å². The first-order valence-corrected chi connectivity index (χ1v) is 5.59. The summed E-state index contributed by atoms with van der Waals surface area (Å²) in [6, 6.07) is 1.68. The van der Waals surface area contributed by atoms with Crippen LogP contribution in [-0.4, -0.2) is 39.3 Å². The van der Waals surface area contributed by atoms with Crippen molar-refractivity contribution in [1.29, 1.82) is 0 Å². The van der Waals surface area contributed by atoms with Gasteiger partial charge >= 0.3 is 0 Å². The molecule has 0 fully saturated rings. The monoisotopic (exact) mass is 263 g/mol. The number of methoxy groups -OCH3 is 1. The summed E-state index contributed by atoms with van der Waals surface area (Å²) in [5.74, 6) is 1.30. The van der Waals surface area contributed by atoms with E-state index in [1.165, 1.54) is 0 Å². The average molecular weight is 264 g/mol. The highest BCUT2D eigenvalue weighted by Crippen LogP contribution is 2.30. The van der Waals surface area contributed by atoms with E-state index in [0.29, 0.717) is 34.8 Å². The quantitative estimate of drug-likeness (QED) is 0.886. The largest absolute Gasteiger partial charge is 0.383 e. The third-order valence-electron chi connectivity index (χ3n) is 2.14. The van der Waals surface area contributed by atoms with Crippen LogP contribution in [-0.2, 0) is 4.74 Å². The maximum absolute atomic E-state index is 6.08. The zero-order valence-electron chi connectivity index (χ0n) is 9.55. The molecule has 0 unspecified atom stereocenters. The summed E-state index contributed by atoms with van der Waals surface area (Å²) in [4.78, 5) is 6.26. The van der Waals surface area contributed by atoms with E-state index < -0.39 is 0 Å². The minimum absolute atomic E-state index is 0.511. The number of halogens is 2. The van der Waals surface area contributed by atoms with E-state index in [1.54, 1.807) is 20.2 Å². The van der Waals surface area contributed by atoms with Gasteiger partial charge in [0, 0.05) is 27.7 Å². The van der Waals surface area contributed by atoms with E-state index in [2.05, 4.69) is 10.3 Å². The number of hydrogen-bond donors (Lipinski definition) is 1. The first kappa shape index (κ1) is 13.4. The van der Waals surface area contributed by atoms with Gasteiger partial charge in [0.25, 0.3) is 0 Å². The Kier molecular flexibility index (Phi) is 5.12. The fourth-order valence-electron chi connectivity index (χ4n) is 1.23. The van der Waals surface area contributed by atoms with Gasteiger partial charge in [-0.25, -0.2) is 4.98 Å². The molecule has 0 aliphatic rings. The Hall–Kier alpha value is -0.710. The van der Waals surface area contributed by atoms with Gasteiger partial charge in [-0.2, -0.15) is 0 Å². The predicted octanol–water partition coefficient (Wildman–Crippen LogP) is 2.51. The van der Waals surface area contributed by atoms with Crippen molar-refractivity contribution in [2.24, 2.45) is 0 Å². The van der Waals surface area contributed by atoms with Crippen LogP contribution in [0.4, 0.5) is 11.6 Å². The molecule has 1 aromatic heterocycles. The van der Waals surface area contributed by atoms with Crippen LogP contribution in [0.2, 0.25) is 10.0 Å². The molecule has 0 aliphatic heterocycles. The van der Waals surface area contributed by atoms with E-state index in [1.807, 2.05) is 11.9 Å². The summed E-state index contributed by atoms with van der Waals surface area (Å²) in [7, 11) is 5.32. The molecule has 6 heteroatoms. The lowest BCUT2D eigenvalue weighted by Gasteiger charge is -2.20. The molecule has 0 amide bonds. The second kappa shape index (κ2) is 6.13. The van der Waals surface area contributed by atoms with Gasteiger partial charge in [-0.05, 0) is 6.07 Å². The number of aromatic nitrogens is 1. The number of pyridine rings is 1. The maximum atomic E-state index is 6.08. The summed E-state index contributed by atoms with van der Waals surface area (Å²) in [6.45, 7) is 1.33. The Balaban J connectivity index is 2.94. The summed E-state index contributed by atoms with van der Waals surface area (Å²) in [5, 5.41) is 3.95. The van der Waals surface area contributed by atoms with E-state index in [9.17, 15) is 0 Å². The molecule has 16 heavy (non-hydrogen) atoms. The van der Waals surface area contributed by atoms with Crippen LogP contribution in [0.3, 0.4) is 0 Å². The Labute approximate surface area is 106 Å². The number of ether oxygens (including phenoxy) is 1. The summed E-state index contributed by atoms with van der Waals surface area (Å²) < 4.78 is 5.00. The highest BCUT2D eigenvalue weighted by atomic mass is 35.5. The van der Waals surface area contributed by atoms with Crippen LogP contribution >= 0.6 is 23.2 Å². The van der Waals surface area contributed by atoms with Crippen molar-refractivity contribution < 1.29 is 4.74 Å². The molecule has 0 aromatic carbocycles. The second-order valence-corrected chi connectivity index (χ2v) is 4.10. The van der Waals surface area contributed by atoms with Gasteiger partial charge in [0.05, 0.1) is 16.7 Å². The maximum Gasteiger partial charge on any atom is 0.149 e. The van der Waals surface area contributed by atoms with Crippen molar-refractivity contribution in [2.45, 2.75) is 0 Å². The zero-order valence-corrected chi connectivity index (χ0v) is 11.1. The molecular formula is C10H15Cl2N3O. The van der Waals surface area contributed by atoms with Crippen LogP contribution in [0, 0.1) is 0 Å². The van der Waals surface area contributed by atoms with Crippen molar-refractivity contribution in [3.8, 4) is 0 Å². The molecule has 0 saturated carbocycles. The van der Waals surface area contributed by atoms with E-state index in [-0.39, 0.29) is 0 Å². The molecule has 1 N–H and O–H groups in total. The minimum Gasteiger partial charge on any atom is -0.383 e. The van der Waals surface area contributed by atoms with Crippen molar-refractivity contribution in [2.75, 3.05) is 44.6 Å². The molecule has 0 saturated heterocycles. The summed E-state index contributed by atoms with van der Waals surface area (Å²) in [6.07, 6.45) is 0. The fourth-order valence-corrected chi connectivity index (χ4v) is 1.83. The Morgan fingerprint density at radius 2 is 2.12 bits per heavy atom. The highest BCUT2D eigenvalue weighted by molar-refractivity contribution is 6.37. The van der Waals surface area contributed by atoms with Crippen molar-refractivity contribution in [3.63, 3.8) is 0 Å². The Morgan fingerprint density at radius 1 is 1.44 bits per heavy atom. The molecule has 1 heterocycles. The molecule has 0 atom stereocenters. The smallest absolute Gasteiger partial charge is 0.149 e. The lowest BCUT2D eigenvalue weighted by molar-refractivity contribution is 0.206. The molecule has 90 valence electrons. The Bertz CT molecular complexity index is 360. The minimum atomic E-state index is 0.511.